The van der Waals surface area contributed by atoms with Crippen LogP contribution in [-0.4, -0.2) is 95.6 Å². The maximum atomic E-state index is 10.5. The Morgan fingerprint density at radius 1 is 1.31 bits per heavy atom. The Kier molecular flexibility index (Phi) is 7.57. The molecule has 29 heavy (non-hydrogen) atoms. The Labute approximate surface area is 170 Å². The number of rotatable bonds is 8. The third-order valence-electron chi connectivity index (χ3n) is 4.20. The number of nitrogens with one attached hydrogen (secondary N) is 2. The zero-order valence-electron chi connectivity index (χ0n) is 15.5. The molecule has 0 radical (unpaired) electrons. The molecule has 160 valence electrons. The van der Waals surface area contributed by atoms with Crippen molar-refractivity contribution in [1.29, 1.82) is 0 Å². The van der Waals surface area contributed by atoms with Crippen molar-refractivity contribution < 1.29 is 30.0 Å². The van der Waals surface area contributed by atoms with E-state index in [9.17, 15) is 20.1 Å². The van der Waals surface area contributed by atoms with Gasteiger partial charge in [0.05, 0.1) is 25.2 Å². The Hall–Kier alpha value is -2.03. The highest BCUT2D eigenvalue weighted by Gasteiger charge is 2.44. The number of carboxylic acid groups (broad SMARTS) is 1. The first-order valence-corrected chi connectivity index (χ1v) is 10.2. The maximum absolute atomic E-state index is 10.5. The van der Waals surface area contributed by atoms with Gasteiger partial charge in [-0.25, -0.2) is 15.0 Å². The molecule has 4 atom stereocenters. The summed E-state index contributed by atoms with van der Waals surface area (Å²) >= 11 is 1.41. The molecule has 4 rings (SSSR count). The van der Waals surface area contributed by atoms with Crippen LogP contribution in [0.5, 0.6) is 0 Å². The molecule has 4 heterocycles. The van der Waals surface area contributed by atoms with Gasteiger partial charge in [0.25, 0.3) is 0 Å². The van der Waals surface area contributed by atoms with E-state index in [-0.39, 0.29) is 6.42 Å². The lowest BCUT2D eigenvalue weighted by Gasteiger charge is -2.16. The minimum absolute atomic E-state index is 0.0748. The van der Waals surface area contributed by atoms with E-state index in [4.69, 9.17) is 9.84 Å². The molecule has 0 aromatic carbocycles. The highest BCUT2D eigenvalue weighted by atomic mass is 32.2. The number of imidazole rings is 1. The monoisotopic (exact) mass is 428 g/mol. The minimum atomic E-state index is -1.23. The Morgan fingerprint density at radius 3 is 2.69 bits per heavy atom. The molecule has 0 spiro atoms. The summed E-state index contributed by atoms with van der Waals surface area (Å²) in [5, 5.41) is 43.9. The van der Waals surface area contributed by atoms with E-state index in [2.05, 4.69) is 25.6 Å². The Balaban J connectivity index is 0.000000732. The van der Waals surface area contributed by atoms with Crippen molar-refractivity contribution in [1.82, 2.24) is 24.8 Å². The molecule has 2 fully saturated rings. The third-order valence-corrected chi connectivity index (χ3v) is 5.04. The number of anilines is 1. The zero-order chi connectivity index (χ0) is 20.8. The quantitative estimate of drug-likeness (QED) is 0.164. The summed E-state index contributed by atoms with van der Waals surface area (Å²) in [6, 6.07) is 0. The first-order chi connectivity index (χ1) is 14.0. The molecule has 2 aromatic rings. The fourth-order valence-corrected chi connectivity index (χ4v) is 3.33. The third kappa shape index (κ3) is 5.52. The summed E-state index contributed by atoms with van der Waals surface area (Å²) in [7, 11) is 0. The lowest BCUT2D eigenvalue weighted by Crippen LogP contribution is -2.33. The second-order valence-corrected chi connectivity index (χ2v) is 7.50. The lowest BCUT2D eigenvalue weighted by atomic mass is 10.1. The molecule has 4 unspecified atom stereocenters. The van der Waals surface area contributed by atoms with Crippen LogP contribution in [0.3, 0.4) is 0 Å². The molecule has 13 heteroatoms. The molecular weight excluding hydrogens is 404 g/mol. The Bertz CT molecular complexity index is 818. The molecule has 12 nitrogen and oxygen atoms in total. The lowest BCUT2D eigenvalue weighted by molar-refractivity contribution is -0.136. The summed E-state index contributed by atoms with van der Waals surface area (Å²) in [5.41, 5.74) is 0.844. The predicted molar refractivity (Wildman–Crippen MR) is 104 cm³/mol. The summed E-state index contributed by atoms with van der Waals surface area (Å²) in [4.78, 5) is 23.0. The van der Waals surface area contributed by atoms with Crippen molar-refractivity contribution in [3.63, 3.8) is 0 Å². The van der Waals surface area contributed by atoms with Crippen molar-refractivity contribution in [2.24, 2.45) is 0 Å². The van der Waals surface area contributed by atoms with Gasteiger partial charge in [0.15, 0.2) is 23.2 Å². The van der Waals surface area contributed by atoms with Gasteiger partial charge in [-0.15, -0.1) is 11.8 Å². The molecule has 2 aliphatic rings. The van der Waals surface area contributed by atoms with Gasteiger partial charge < -0.3 is 35.8 Å². The molecule has 0 bridgehead atoms. The van der Waals surface area contributed by atoms with E-state index >= 15 is 0 Å². The number of hydrogen-bond acceptors (Lipinski definition) is 11. The SMILES string of the molecule is C1CN1.O=C(O)CCSCNc1ncnc2c1ncn2C1OC(CO)C(O)C1O. The van der Waals surface area contributed by atoms with Gasteiger partial charge in [0.1, 0.15) is 24.6 Å². The van der Waals surface area contributed by atoms with Crippen LogP contribution < -0.4 is 10.6 Å². The van der Waals surface area contributed by atoms with Gasteiger partial charge in [0.2, 0.25) is 0 Å². The van der Waals surface area contributed by atoms with Crippen molar-refractivity contribution >= 4 is 34.7 Å². The number of nitrogens with zero attached hydrogens (tertiary/aromatic N) is 4. The van der Waals surface area contributed by atoms with Gasteiger partial charge in [0, 0.05) is 18.8 Å². The Morgan fingerprint density at radius 2 is 2.07 bits per heavy atom. The highest BCUT2D eigenvalue weighted by molar-refractivity contribution is 7.99. The van der Waals surface area contributed by atoms with Crippen LogP contribution >= 0.6 is 11.8 Å². The van der Waals surface area contributed by atoms with E-state index < -0.39 is 37.1 Å². The van der Waals surface area contributed by atoms with Crippen LogP contribution in [0.4, 0.5) is 5.82 Å². The van der Waals surface area contributed by atoms with Crippen molar-refractivity contribution in [3.05, 3.63) is 12.7 Å². The minimum Gasteiger partial charge on any atom is -0.481 e. The zero-order valence-corrected chi connectivity index (χ0v) is 16.3. The van der Waals surface area contributed by atoms with Crippen LogP contribution in [0.15, 0.2) is 12.7 Å². The van der Waals surface area contributed by atoms with E-state index in [1.165, 1.54) is 42.1 Å². The number of hydrogen-bond donors (Lipinski definition) is 6. The van der Waals surface area contributed by atoms with Gasteiger partial charge in [-0.1, -0.05) is 0 Å². The number of aliphatic hydroxyl groups excluding tert-OH is 3. The normalized spacial score (nSPS) is 25.5. The van der Waals surface area contributed by atoms with Crippen LogP contribution in [0.25, 0.3) is 11.2 Å². The average Bonchev–Trinajstić information content (AvgIpc) is 3.49. The number of fused-ring (bicyclic) bond motifs is 1. The largest absolute Gasteiger partial charge is 0.481 e. The van der Waals surface area contributed by atoms with Gasteiger partial charge >= 0.3 is 5.97 Å². The van der Waals surface area contributed by atoms with E-state index in [0.717, 1.165) is 0 Å². The van der Waals surface area contributed by atoms with Crippen LogP contribution in [0.2, 0.25) is 0 Å². The average molecular weight is 428 g/mol. The predicted octanol–water partition coefficient (Wildman–Crippen LogP) is -1.40. The molecule has 6 N–H and O–H groups in total. The van der Waals surface area contributed by atoms with Crippen LogP contribution in [-0.2, 0) is 9.53 Å². The first-order valence-electron chi connectivity index (χ1n) is 9.07. The number of carbonyl (C=O) groups is 1. The van der Waals surface area contributed by atoms with E-state index in [0.29, 0.717) is 28.6 Å². The standard InChI is InChI=1S/C14H19N5O6S.C2H5N/c20-3-7-10(23)11(24)14(25-7)19-5-17-9-12(15-4-16-13(9)19)18-6-26-2-1-8(21)22;1-2-3-1/h4-5,7,10-11,14,20,23-24H,1-3,6H2,(H,21,22)(H,15,16,18);3H,1-2H2. The number of thioether (sulfide) groups is 1. The number of ether oxygens (including phenoxy) is 1. The van der Waals surface area contributed by atoms with Crippen molar-refractivity contribution in [2.45, 2.75) is 31.0 Å². The van der Waals surface area contributed by atoms with Crippen molar-refractivity contribution in [3.8, 4) is 0 Å². The number of carboxylic acids is 1. The molecule has 2 aliphatic heterocycles. The maximum Gasteiger partial charge on any atom is 0.304 e. The topological polar surface area (TPSA) is 185 Å². The first kappa shape index (κ1) is 21.7. The fourth-order valence-electron chi connectivity index (χ4n) is 2.63. The van der Waals surface area contributed by atoms with Gasteiger partial charge in [-0.05, 0) is 0 Å². The van der Waals surface area contributed by atoms with E-state index in [1.807, 2.05) is 0 Å². The summed E-state index contributed by atoms with van der Waals surface area (Å²) in [6.45, 7) is 2.08. The van der Waals surface area contributed by atoms with E-state index in [1.54, 1.807) is 0 Å². The summed E-state index contributed by atoms with van der Waals surface area (Å²) in [5.74, 6) is 0.524. The number of aliphatic hydroxyl groups is 3. The van der Waals surface area contributed by atoms with Crippen molar-refractivity contribution in [2.75, 3.05) is 36.6 Å². The second kappa shape index (κ2) is 10.1. The molecule has 0 saturated carbocycles. The molecule has 2 saturated heterocycles. The van der Waals surface area contributed by atoms with Crippen LogP contribution in [0.1, 0.15) is 12.6 Å². The molecule has 0 aliphatic carbocycles. The smallest absolute Gasteiger partial charge is 0.304 e. The number of aromatic nitrogens is 4. The molecule has 2 aromatic heterocycles. The summed E-state index contributed by atoms with van der Waals surface area (Å²) in [6.07, 6.45) is -1.45. The molecule has 0 amide bonds. The van der Waals surface area contributed by atoms with Crippen LogP contribution in [0, 0.1) is 0 Å². The van der Waals surface area contributed by atoms with Gasteiger partial charge in [-0.3, -0.25) is 9.36 Å². The fraction of sp³-hybridized carbons (Fsp3) is 0.625. The molecular formula is C16H24N6O6S. The highest BCUT2D eigenvalue weighted by Crippen LogP contribution is 2.32. The second-order valence-electron chi connectivity index (χ2n) is 6.40. The van der Waals surface area contributed by atoms with Gasteiger partial charge in [-0.2, -0.15) is 0 Å². The number of aliphatic carboxylic acids is 1. The summed E-state index contributed by atoms with van der Waals surface area (Å²) < 4.78 is 6.97.